The van der Waals surface area contributed by atoms with E-state index in [0.29, 0.717) is 18.5 Å². The van der Waals surface area contributed by atoms with Gasteiger partial charge >= 0.3 is 5.97 Å². The molecule has 1 fully saturated rings. The molecular formula is C21H24N2O5. The number of imide groups is 1. The highest BCUT2D eigenvalue weighted by Crippen LogP contribution is 2.34. The van der Waals surface area contributed by atoms with Gasteiger partial charge in [-0.2, -0.15) is 0 Å². The summed E-state index contributed by atoms with van der Waals surface area (Å²) in [4.78, 5) is 50.4. The molecule has 0 bridgehead atoms. The fourth-order valence-corrected chi connectivity index (χ4v) is 3.68. The van der Waals surface area contributed by atoms with E-state index in [2.05, 4.69) is 5.32 Å². The van der Waals surface area contributed by atoms with E-state index in [-0.39, 0.29) is 11.8 Å². The number of ether oxygens (including phenoxy) is 1. The van der Waals surface area contributed by atoms with Crippen molar-refractivity contribution in [3.63, 3.8) is 0 Å². The normalized spacial score (nSPS) is 22.0. The molecule has 1 aromatic rings. The largest absolute Gasteiger partial charge is 0.451 e. The summed E-state index contributed by atoms with van der Waals surface area (Å²) in [5.74, 6) is -2.72. The van der Waals surface area contributed by atoms with E-state index in [9.17, 15) is 19.2 Å². The predicted molar refractivity (Wildman–Crippen MR) is 102 cm³/mol. The second-order valence-corrected chi connectivity index (χ2v) is 7.31. The van der Waals surface area contributed by atoms with Gasteiger partial charge in [-0.15, -0.1) is 0 Å². The number of nitrogens with zero attached hydrogens (tertiary/aromatic N) is 1. The number of amides is 3. The molecule has 1 heterocycles. The number of aryl methyl sites for hydroxylation is 2. The van der Waals surface area contributed by atoms with Crippen LogP contribution >= 0.6 is 0 Å². The number of likely N-dealkylation sites (tertiary alicyclic amines) is 1. The number of hydrogen-bond donors (Lipinski definition) is 1. The standard InChI is InChI=1S/C21H24N2O5/c1-12-7-6-8-13(2)18(12)22-19(25)14(3)28-17(24)11-23-20(26)15-9-4-5-10-16(15)21(23)27/h4-8,14-16H,9-11H2,1-3H3,(H,22,25)/t14-,15-,16+/m1/s1. The number of para-hydroxylation sites is 1. The van der Waals surface area contributed by atoms with Gasteiger partial charge in [0, 0.05) is 5.69 Å². The van der Waals surface area contributed by atoms with Gasteiger partial charge < -0.3 is 10.1 Å². The van der Waals surface area contributed by atoms with E-state index in [0.717, 1.165) is 16.0 Å². The number of esters is 1. The third-order valence-electron chi connectivity index (χ3n) is 5.29. The van der Waals surface area contributed by atoms with Crippen LogP contribution in [-0.4, -0.2) is 41.2 Å². The zero-order valence-corrected chi connectivity index (χ0v) is 16.2. The molecule has 3 rings (SSSR count). The molecule has 7 heteroatoms. The van der Waals surface area contributed by atoms with Crippen molar-refractivity contribution in [2.75, 3.05) is 11.9 Å². The molecule has 28 heavy (non-hydrogen) atoms. The van der Waals surface area contributed by atoms with Crippen LogP contribution in [0.25, 0.3) is 0 Å². The van der Waals surface area contributed by atoms with Crippen LogP contribution in [0, 0.1) is 25.7 Å². The van der Waals surface area contributed by atoms with Crippen LogP contribution in [-0.2, 0) is 23.9 Å². The van der Waals surface area contributed by atoms with Gasteiger partial charge in [-0.25, -0.2) is 0 Å². The minimum Gasteiger partial charge on any atom is -0.451 e. The van der Waals surface area contributed by atoms with Crippen molar-refractivity contribution >= 4 is 29.4 Å². The zero-order valence-electron chi connectivity index (χ0n) is 16.2. The molecule has 7 nitrogen and oxygen atoms in total. The molecule has 3 amide bonds. The van der Waals surface area contributed by atoms with Crippen LogP contribution in [0.1, 0.15) is 30.9 Å². The quantitative estimate of drug-likeness (QED) is 0.477. The number of fused-ring (bicyclic) bond motifs is 1. The highest BCUT2D eigenvalue weighted by Gasteiger charge is 2.47. The lowest BCUT2D eigenvalue weighted by atomic mass is 9.85. The summed E-state index contributed by atoms with van der Waals surface area (Å²) in [7, 11) is 0. The maximum Gasteiger partial charge on any atom is 0.326 e. The van der Waals surface area contributed by atoms with Crippen LogP contribution in [0.4, 0.5) is 5.69 Å². The first-order valence-electron chi connectivity index (χ1n) is 9.36. The second-order valence-electron chi connectivity index (χ2n) is 7.31. The summed E-state index contributed by atoms with van der Waals surface area (Å²) >= 11 is 0. The minimum atomic E-state index is -1.05. The van der Waals surface area contributed by atoms with E-state index in [1.54, 1.807) is 0 Å². The van der Waals surface area contributed by atoms with Gasteiger partial charge in [-0.05, 0) is 44.7 Å². The first-order valence-corrected chi connectivity index (χ1v) is 9.36. The summed E-state index contributed by atoms with van der Waals surface area (Å²) in [5, 5.41) is 2.76. The van der Waals surface area contributed by atoms with E-state index >= 15 is 0 Å². The van der Waals surface area contributed by atoms with Gasteiger partial charge in [-0.1, -0.05) is 30.4 Å². The van der Waals surface area contributed by atoms with Crippen molar-refractivity contribution in [2.24, 2.45) is 11.8 Å². The Hall–Kier alpha value is -2.96. The predicted octanol–water partition coefficient (Wildman–Crippen LogP) is 2.12. The van der Waals surface area contributed by atoms with Crippen molar-refractivity contribution in [3.05, 3.63) is 41.5 Å². The fraction of sp³-hybridized carbons (Fsp3) is 0.429. The lowest BCUT2D eigenvalue weighted by Gasteiger charge is -2.18. The summed E-state index contributed by atoms with van der Waals surface area (Å²) in [6.45, 7) is 4.74. The minimum absolute atomic E-state index is 0.344. The maximum absolute atomic E-state index is 12.4. The molecule has 1 saturated heterocycles. The smallest absolute Gasteiger partial charge is 0.326 e. The van der Waals surface area contributed by atoms with Crippen molar-refractivity contribution < 1.29 is 23.9 Å². The molecule has 1 aromatic carbocycles. The number of carbonyl (C=O) groups is 4. The molecule has 2 aliphatic rings. The number of anilines is 1. The van der Waals surface area contributed by atoms with Crippen LogP contribution in [0.2, 0.25) is 0 Å². The molecule has 1 aliphatic heterocycles. The first kappa shape index (κ1) is 19.8. The first-order chi connectivity index (χ1) is 13.3. The molecule has 0 unspecified atom stereocenters. The molecule has 3 atom stereocenters. The van der Waals surface area contributed by atoms with Crippen molar-refractivity contribution in [3.8, 4) is 0 Å². The summed E-state index contributed by atoms with van der Waals surface area (Å²) in [5.41, 5.74) is 2.48. The number of benzene rings is 1. The Balaban J connectivity index is 1.58. The molecular weight excluding hydrogens is 360 g/mol. The fourth-order valence-electron chi connectivity index (χ4n) is 3.68. The second kappa shape index (κ2) is 7.96. The van der Waals surface area contributed by atoms with Crippen LogP contribution in [0.15, 0.2) is 30.4 Å². The Morgan fingerprint density at radius 2 is 1.64 bits per heavy atom. The van der Waals surface area contributed by atoms with Gasteiger partial charge in [0.2, 0.25) is 11.8 Å². The number of allylic oxidation sites excluding steroid dienone is 2. The molecule has 0 aromatic heterocycles. The Labute approximate surface area is 163 Å². The number of carbonyl (C=O) groups excluding carboxylic acids is 4. The van der Waals surface area contributed by atoms with Crippen LogP contribution in [0.3, 0.4) is 0 Å². The van der Waals surface area contributed by atoms with Crippen LogP contribution in [0.5, 0.6) is 0 Å². The van der Waals surface area contributed by atoms with Crippen molar-refractivity contribution in [2.45, 2.75) is 39.7 Å². The monoisotopic (exact) mass is 384 g/mol. The number of nitrogens with one attached hydrogen (secondary N) is 1. The Morgan fingerprint density at radius 1 is 1.11 bits per heavy atom. The van der Waals surface area contributed by atoms with Gasteiger partial charge in [-0.3, -0.25) is 24.1 Å². The Bertz CT molecular complexity index is 814. The SMILES string of the molecule is Cc1cccc(C)c1NC(=O)[C@@H](C)OC(=O)CN1C(=O)[C@H]2CC=CC[C@H]2C1=O. The lowest BCUT2D eigenvalue weighted by Crippen LogP contribution is -2.39. The average molecular weight is 384 g/mol. The summed E-state index contributed by atoms with van der Waals surface area (Å²) < 4.78 is 5.16. The third kappa shape index (κ3) is 3.83. The van der Waals surface area contributed by atoms with Gasteiger partial charge in [0.05, 0.1) is 11.8 Å². The highest BCUT2D eigenvalue weighted by atomic mass is 16.5. The molecule has 0 radical (unpaired) electrons. The molecule has 1 aliphatic carbocycles. The molecule has 148 valence electrons. The maximum atomic E-state index is 12.4. The van der Waals surface area contributed by atoms with E-state index in [1.165, 1.54) is 6.92 Å². The van der Waals surface area contributed by atoms with Gasteiger partial charge in [0.1, 0.15) is 6.54 Å². The van der Waals surface area contributed by atoms with Crippen molar-refractivity contribution in [1.29, 1.82) is 0 Å². The van der Waals surface area contributed by atoms with Gasteiger partial charge in [0.15, 0.2) is 6.10 Å². The summed E-state index contributed by atoms with van der Waals surface area (Å²) in [6, 6.07) is 5.64. The van der Waals surface area contributed by atoms with E-state index in [1.807, 2.05) is 44.2 Å². The van der Waals surface area contributed by atoms with Crippen LogP contribution < -0.4 is 5.32 Å². The highest BCUT2D eigenvalue weighted by molar-refractivity contribution is 6.07. The van der Waals surface area contributed by atoms with Crippen molar-refractivity contribution in [1.82, 2.24) is 4.90 Å². The lowest BCUT2D eigenvalue weighted by molar-refractivity contribution is -0.158. The van der Waals surface area contributed by atoms with E-state index in [4.69, 9.17) is 4.74 Å². The Morgan fingerprint density at radius 3 is 2.18 bits per heavy atom. The molecule has 0 spiro atoms. The zero-order chi connectivity index (χ0) is 20.4. The Kier molecular flexibility index (Phi) is 5.63. The van der Waals surface area contributed by atoms with E-state index < -0.39 is 36.4 Å². The average Bonchev–Trinajstić information content (AvgIpc) is 2.90. The molecule has 0 saturated carbocycles. The summed E-state index contributed by atoms with van der Waals surface area (Å²) in [6.07, 6.45) is 3.73. The topological polar surface area (TPSA) is 92.8 Å². The molecule has 1 N–H and O–H groups in total. The number of rotatable bonds is 5. The number of hydrogen-bond acceptors (Lipinski definition) is 5. The third-order valence-corrected chi connectivity index (χ3v) is 5.29. The van der Waals surface area contributed by atoms with Gasteiger partial charge in [0.25, 0.3) is 5.91 Å².